The normalized spacial score (nSPS) is 12.7. The van der Waals surface area contributed by atoms with E-state index in [1.54, 1.807) is 0 Å². The molecule has 0 saturated heterocycles. The van der Waals surface area contributed by atoms with Crippen LogP contribution in [0.15, 0.2) is 0 Å². The highest BCUT2D eigenvalue weighted by Gasteiger charge is 2.19. The summed E-state index contributed by atoms with van der Waals surface area (Å²) in [6.45, 7) is 13.6. The van der Waals surface area contributed by atoms with E-state index in [9.17, 15) is 14.4 Å². The Morgan fingerprint density at radius 3 is 0.945 bits per heavy atom. The van der Waals surface area contributed by atoms with E-state index >= 15 is 0 Å². The van der Waals surface area contributed by atoms with Crippen LogP contribution in [-0.4, -0.2) is 37.2 Å². The first kappa shape index (κ1) is 53.4. The molecule has 0 saturated carbocycles. The van der Waals surface area contributed by atoms with Crippen molar-refractivity contribution < 1.29 is 28.6 Å². The fourth-order valence-corrected chi connectivity index (χ4v) is 7.20. The summed E-state index contributed by atoms with van der Waals surface area (Å²) in [5.41, 5.74) is 0. The maximum Gasteiger partial charge on any atom is 0.306 e. The lowest BCUT2D eigenvalue weighted by atomic mass is 9.99. The molecule has 0 amide bonds. The Bertz CT molecular complexity index is 854. The summed E-state index contributed by atoms with van der Waals surface area (Å²) >= 11 is 0. The summed E-state index contributed by atoms with van der Waals surface area (Å²) < 4.78 is 16.7. The highest BCUT2D eigenvalue weighted by Crippen LogP contribution is 2.18. The Morgan fingerprint density at radius 2 is 0.636 bits per heavy atom. The smallest absolute Gasteiger partial charge is 0.306 e. The fourth-order valence-electron chi connectivity index (χ4n) is 7.20. The molecule has 0 spiro atoms. The first-order valence-electron chi connectivity index (χ1n) is 24.1. The fraction of sp³-hybridized carbons (Fsp3) is 0.939. The van der Waals surface area contributed by atoms with Gasteiger partial charge in [0.2, 0.25) is 0 Å². The van der Waals surface area contributed by atoms with Gasteiger partial charge in [0.1, 0.15) is 13.2 Å². The molecule has 2 atom stereocenters. The van der Waals surface area contributed by atoms with Crippen LogP contribution in [0.4, 0.5) is 0 Å². The molecule has 0 aliphatic carbocycles. The van der Waals surface area contributed by atoms with Gasteiger partial charge in [0.05, 0.1) is 0 Å². The van der Waals surface area contributed by atoms with Crippen LogP contribution >= 0.6 is 0 Å². The van der Waals surface area contributed by atoms with Crippen LogP contribution in [0, 0.1) is 17.8 Å². The van der Waals surface area contributed by atoms with Gasteiger partial charge in [-0.2, -0.15) is 0 Å². The van der Waals surface area contributed by atoms with Gasteiger partial charge in [0.15, 0.2) is 6.10 Å². The zero-order valence-corrected chi connectivity index (χ0v) is 37.7. The first-order valence-corrected chi connectivity index (χ1v) is 24.1. The van der Waals surface area contributed by atoms with E-state index in [0.29, 0.717) is 19.3 Å². The van der Waals surface area contributed by atoms with Crippen molar-refractivity contribution in [3.63, 3.8) is 0 Å². The van der Waals surface area contributed by atoms with Crippen molar-refractivity contribution in [2.24, 2.45) is 17.8 Å². The molecule has 0 fully saturated rings. The summed E-state index contributed by atoms with van der Waals surface area (Å²) in [4.78, 5) is 37.7. The molecular formula is C49H94O6. The monoisotopic (exact) mass is 779 g/mol. The molecule has 6 heteroatoms. The average Bonchev–Trinajstić information content (AvgIpc) is 3.15. The minimum Gasteiger partial charge on any atom is -0.462 e. The van der Waals surface area contributed by atoms with E-state index < -0.39 is 6.10 Å². The Hall–Kier alpha value is -1.59. The molecule has 0 N–H and O–H groups in total. The van der Waals surface area contributed by atoms with Gasteiger partial charge in [0, 0.05) is 19.3 Å². The standard InChI is InChI=1S/C49H94O6/c1-7-45(6)37-31-25-18-14-12-10-8-9-11-13-15-19-28-34-40-49(52)55-46(42-54-48(51)39-33-27-22-21-24-30-36-44(4)5)41-53-47(50)38-32-26-20-16-17-23-29-35-43(2)3/h43-46H,7-42H2,1-6H3/t45?,46-/m1/s1. The number of unbranched alkanes of at least 4 members (excludes halogenated alkanes) is 24. The van der Waals surface area contributed by atoms with Gasteiger partial charge in [-0.05, 0) is 37.0 Å². The summed E-state index contributed by atoms with van der Waals surface area (Å²) in [5, 5.41) is 0. The Labute approximate surface area is 342 Å². The van der Waals surface area contributed by atoms with Gasteiger partial charge in [-0.15, -0.1) is 0 Å². The average molecular weight is 779 g/mol. The van der Waals surface area contributed by atoms with Crippen LogP contribution in [0.25, 0.3) is 0 Å². The molecule has 0 aliphatic rings. The molecule has 0 aromatic rings. The lowest BCUT2D eigenvalue weighted by Crippen LogP contribution is -2.30. The van der Waals surface area contributed by atoms with Crippen LogP contribution in [0.1, 0.15) is 260 Å². The maximum atomic E-state index is 12.7. The van der Waals surface area contributed by atoms with Gasteiger partial charge < -0.3 is 14.2 Å². The van der Waals surface area contributed by atoms with E-state index in [1.165, 1.54) is 141 Å². The molecule has 0 radical (unpaired) electrons. The topological polar surface area (TPSA) is 78.9 Å². The predicted molar refractivity (Wildman–Crippen MR) is 233 cm³/mol. The molecule has 55 heavy (non-hydrogen) atoms. The van der Waals surface area contributed by atoms with Crippen LogP contribution in [0.5, 0.6) is 0 Å². The largest absolute Gasteiger partial charge is 0.462 e. The molecule has 0 rings (SSSR count). The highest BCUT2D eigenvalue weighted by atomic mass is 16.6. The molecule has 6 nitrogen and oxygen atoms in total. The van der Waals surface area contributed by atoms with Gasteiger partial charge in [-0.1, -0.05) is 221 Å². The third-order valence-corrected chi connectivity index (χ3v) is 11.3. The maximum absolute atomic E-state index is 12.7. The van der Waals surface area contributed by atoms with Crippen LogP contribution in [0.3, 0.4) is 0 Å². The van der Waals surface area contributed by atoms with E-state index in [-0.39, 0.29) is 31.1 Å². The Kier molecular flexibility index (Phi) is 39.4. The molecular weight excluding hydrogens is 685 g/mol. The van der Waals surface area contributed by atoms with E-state index in [1.807, 2.05) is 0 Å². The number of carbonyl (C=O) groups excluding carboxylic acids is 3. The van der Waals surface area contributed by atoms with E-state index in [4.69, 9.17) is 14.2 Å². The first-order chi connectivity index (χ1) is 26.6. The zero-order chi connectivity index (χ0) is 40.6. The third-order valence-electron chi connectivity index (χ3n) is 11.3. The second kappa shape index (κ2) is 40.6. The number of carbonyl (C=O) groups is 3. The van der Waals surface area contributed by atoms with Crippen LogP contribution in [0.2, 0.25) is 0 Å². The van der Waals surface area contributed by atoms with E-state index in [2.05, 4.69) is 41.5 Å². The Morgan fingerprint density at radius 1 is 0.364 bits per heavy atom. The second-order valence-electron chi connectivity index (χ2n) is 17.9. The van der Waals surface area contributed by atoms with Crippen molar-refractivity contribution in [1.29, 1.82) is 0 Å². The summed E-state index contributed by atoms with van der Waals surface area (Å²) in [5.74, 6) is 1.57. The SMILES string of the molecule is CCC(C)CCCCCCCCCCCCCCCCC(=O)O[C@H](COC(=O)CCCCCCCCCC(C)C)COC(=O)CCCCCCCCC(C)C. The molecule has 0 aliphatic heterocycles. The molecule has 0 heterocycles. The lowest BCUT2D eigenvalue weighted by Gasteiger charge is -2.18. The minimum absolute atomic E-state index is 0.0670. The minimum atomic E-state index is -0.762. The Balaban J connectivity index is 4.26. The third kappa shape index (κ3) is 41.9. The lowest BCUT2D eigenvalue weighted by molar-refractivity contribution is -0.167. The number of ether oxygens (including phenoxy) is 3. The van der Waals surface area contributed by atoms with Gasteiger partial charge in [0.25, 0.3) is 0 Å². The molecule has 0 aromatic carbocycles. The zero-order valence-electron chi connectivity index (χ0n) is 37.7. The molecule has 1 unspecified atom stereocenters. The van der Waals surface area contributed by atoms with Crippen LogP contribution < -0.4 is 0 Å². The van der Waals surface area contributed by atoms with Crippen molar-refractivity contribution in [3.05, 3.63) is 0 Å². The van der Waals surface area contributed by atoms with Crippen molar-refractivity contribution in [3.8, 4) is 0 Å². The summed E-state index contributed by atoms with van der Waals surface area (Å²) in [7, 11) is 0. The van der Waals surface area contributed by atoms with Crippen molar-refractivity contribution in [1.82, 2.24) is 0 Å². The number of hydrogen-bond donors (Lipinski definition) is 0. The molecule has 0 aromatic heterocycles. The van der Waals surface area contributed by atoms with E-state index in [0.717, 1.165) is 75.5 Å². The van der Waals surface area contributed by atoms with Crippen molar-refractivity contribution in [2.45, 2.75) is 266 Å². The number of hydrogen-bond acceptors (Lipinski definition) is 6. The van der Waals surface area contributed by atoms with Gasteiger partial charge in [-0.25, -0.2) is 0 Å². The highest BCUT2D eigenvalue weighted by molar-refractivity contribution is 5.71. The van der Waals surface area contributed by atoms with Crippen LogP contribution in [-0.2, 0) is 28.6 Å². The van der Waals surface area contributed by atoms with Gasteiger partial charge in [-0.3, -0.25) is 14.4 Å². The number of esters is 3. The molecule has 0 bridgehead atoms. The van der Waals surface area contributed by atoms with Crippen molar-refractivity contribution in [2.75, 3.05) is 13.2 Å². The van der Waals surface area contributed by atoms with Gasteiger partial charge >= 0.3 is 17.9 Å². The summed E-state index contributed by atoms with van der Waals surface area (Å²) in [6.07, 6.45) is 38.2. The molecule has 326 valence electrons. The summed E-state index contributed by atoms with van der Waals surface area (Å²) in [6, 6.07) is 0. The quantitative estimate of drug-likeness (QED) is 0.0349. The predicted octanol–water partition coefficient (Wildman–Crippen LogP) is 15.2. The number of rotatable bonds is 42. The van der Waals surface area contributed by atoms with Crippen molar-refractivity contribution >= 4 is 17.9 Å². The second-order valence-corrected chi connectivity index (χ2v) is 17.9.